The molecule has 0 N–H and O–H groups in total. The van der Waals surface area contributed by atoms with Crippen molar-refractivity contribution in [3.05, 3.63) is 28.8 Å². The maximum atomic E-state index is 8.66. The Kier molecular flexibility index (Phi) is 4.45. The van der Waals surface area contributed by atoms with Crippen LogP contribution in [0.4, 0.5) is 0 Å². The smallest absolute Gasteiger partial charge is 0.123 e. The van der Waals surface area contributed by atoms with Crippen LogP contribution in [-0.2, 0) is 6.42 Å². The Bertz CT molecular complexity index is 368. The predicted octanol–water partition coefficient (Wildman–Crippen LogP) is 3.44. The molecular weight excluding hydrogens is 210 g/mol. The van der Waals surface area contributed by atoms with Crippen molar-refractivity contribution in [3.63, 3.8) is 0 Å². The fraction of sp³-hybridized carbons (Fsp3) is 0.417. The molecule has 1 aromatic carbocycles. The van der Waals surface area contributed by atoms with Gasteiger partial charge in [0.05, 0.1) is 19.1 Å². The van der Waals surface area contributed by atoms with E-state index in [0.29, 0.717) is 24.0 Å². The van der Waals surface area contributed by atoms with Crippen molar-refractivity contribution in [2.75, 3.05) is 6.61 Å². The van der Waals surface area contributed by atoms with E-state index in [1.54, 1.807) is 12.1 Å². The molecule has 1 rings (SSSR count). The molecule has 15 heavy (non-hydrogen) atoms. The van der Waals surface area contributed by atoms with Crippen LogP contribution in [0, 0.1) is 17.2 Å². The van der Waals surface area contributed by atoms with Gasteiger partial charge < -0.3 is 4.74 Å². The minimum absolute atomic E-state index is 0.327. The zero-order chi connectivity index (χ0) is 11.3. The third kappa shape index (κ3) is 3.81. The second-order valence-corrected chi connectivity index (χ2v) is 4.23. The minimum atomic E-state index is 0.327. The number of nitriles is 1. The second-order valence-electron chi connectivity index (χ2n) is 3.79. The van der Waals surface area contributed by atoms with Gasteiger partial charge in [-0.3, -0.25) is 0 Å². The molecule has 0 spiro atoms. The minimum Gasteiger partial charge on any atom is -0.493 e. The van der Waals surface area contributed by atoms with E-state index in [1.807, 2.05) is 6.07 Å². The summed E-state index contributed by atoms with van der Waals surface area (Å²) in [7, 11) is 0. The first kappa shape index (κ1) is 11.9. The molecule has 0 atom stereocenters. The topological polar surface area (TPSA) is 33.0 Å². The van der Waals surface area contributed by atoms with E-state index < -0.39 is 0 Å². The van der Waals surface area contributed by atoms with Crippen LogP contribution in [0.3, 0.4) is 0 Å². The molecule has 3 heteroatoms. The van der Waals surface area contributed by atoms with Crippen LogP contribution in [0.25, 0.3) is 0 Å². The molecule has 80 valence electrons. The Balaban J connectivity index is 2.81. The summed E-state index contributed by atoms with van der Waals surface area (Å²) in [6.45, 7) is 4.82. The van der Waals surface area contributed by atoms with E-state index in [-0.39, 0.29) is 0 Å². The van der Waals surface area contributed by atoms with Crippen LogP contribution in [0.15, 0.2) is 18.2 Å². The molecule has 0 amide bonds. The lowest BCUT2D eigenvalue weighted by molar-refractivity contribution is 0.269. The molecule has 0 bridgehead atoms. The summed E-state index contributed by atoms with van der Waals surface area (Å²) in [4.78, 5) is 0. The maximum absolute atomic E-state index is 8.66. The molecule has 0 saturated heterocycles. The summed E-state index contributed by atoms with van der Waals surface area (Å²) < 4.78 is 5.60. The SMILES string of the molecule is CC(C)COc1ccc(Cl)cc1CC#N. The van der Waals surface area contributed by atoms with Crippen molar-refractivity contribution in [1.29, 1.82) is 5.26 Å². The highest BCUT2D eigenvalue weighted by Crippen LogP contribution is 2.23. The van der Waals surface area contributed by atoms with E-state index in [0.717, 1.165) is 11.3 Å². The third-order valence-corrected chi connectivity index (χ3v) is 2.10. The maximum Gasteiger partial charge on any atom is 0.123 e. The summed E-state index contributed by atoms with van der Waals surface area (Å²) in [6.07, 6.45) is 0.327. The Morgan fingerprint density at radius 1 is 1.47 bits per heavy atom. The number of ether oxygens (including phenoxy) is 1. The number of rotatable bonds is 4. The van der Waals surface area contributed by atoms with Crippen molar-refractivity contribution in [2.45, 2.75) is 20.3 Å². The van der Waals surface area contributed by atoms with Crippen molar-refractivity contribution in [3.8, 4) is 11.8 Å². The summed E-state index contributed by atoms with van der Waals surface area (Å²) in [5.74, 6) is 1.23. The number of hydrogen-bond donors (Lipinski definition) is 0. The monoisotopic (exact) mass is 223 g/mol. The quantitative estimate of drug-likeness (QED) is 0.784. The van der Waals surface area contributed by atoms with Gasteiger partial charge in [0.1, 0.15) is 5.75 Å². The zero-order valence-corrected chi connectivity index (χ0v) is 9.71. The lowest BCUT2D eigenvalue weighted by Gasteiger charge is -2.11. The van der Waals surface area contributed by atoms with Gasteiger partial charge in [-0.15, -0.1) is 0 Å². The molecule has 0 aliphatic heterocycles. The van der Waals surface area contributed by atoms with Crippen LogP contribution in [0.1, 0.15) is 19.4 Å². The average Bonchev–Trinajstić information content (AvgIpc) is 2.17. The molecule has 0 unspecified atom stereocenters. The van der Waals surface area contributed by atoms with Gasteiger partial charge in [-0.25, -0.2) is 0 Å². The number of halogens is 1. The lowest BCUT2D eigenvalue weighted by Crippen LogP contribution is -2.06. The van der Waals surface area contributed by atoms with Crippen LogP contribution in [0.5, 0.6) is 5.75 Å². The van der Waals surface area contributed by atoms with Gasteiger partial charge in [0.2, 0.25) is 0 Å². The van der Waals surface area contributed by atoms with Crippen molar-refractivity contribution < 1.29 is 4.74 Å². The van der Waals surface area contributed by atoms with Crippen molar-refractivity contribution in [1.82, 2.24) is 0 Å². The molecule has 0 aliphatic rings. The summed E-state index contributed by atoms with van der Waals surface area (Å²) in [5, 5.41) is 9.30. The highest BCUT2D eigenvalue weighted by Gasteiger charge is 2.05. The Hall–Kier alpha value is -1.20. The van der Waals surface area contributed by atoms with E-state index >= 15 is 0 Å². The number of nitrogens with zero attached hydrogens (tertiary/aromatic N) is 1. The highest BCUT2D eigenvalue weighted by molar-refractivity contribution is 6.30. The lowest BCUT2D eigenvalue weighted by atomic mass is 10.1. The normalized spacial score (nSPS) is 10.1. The molecular formula is C12H14ClNO. The van der Waals surface area contributed by atoms with Gasteiger partial charge in [-0.05, 0) is 24.1 Å². The van der Waals surface area contributed by atoms with Gasteiger partial charge >= 0.3 is 0 Å². The summed E-state index contributed by atoms with van der Waals surface area (Å²) in [6, 6.07) is 7.47. The van der Waals surface area contributed by atoms with Gasteiger partial charge in [-0.1, -0.05) is 25.4 Å². The third-order valence-electron chi connectivity index (χ3n) is 1.86. The van der Waals surface area contributed by atoms with Crippen LogP contribution in [-0.4, -0.2) is 6.61 Å². The Morgan fingerprint density at radius 2 is 2.20 bits per heavy atom. The first-order valence-electron chi connectivity index (χ1n) is 4.91. The van der Waals surface area contributed by atoms with E-state index in [9.17, 15) is 0 Å². The highest BCUT2D eigenvalue weighted by atomic mass is 35.5. The molecule has 1 aromatic rings. The van der Waals surface area contributed by atoms with Gasteiger partial charge in [0.15, 0.2) is 0 Å². The van der Waals surface area contributed by atoms with Gasteiger partial charge in [-0.2, -0.15) is 5.26 Å². The van der Waals surface area contributed by atoms with Gasteiger partial charge in [0, 0.05) is 10.6 Å². The van der Waals surface area contributed by atoms with Crippen LogP contribution in [0.2, 0.25) is 5.02 Å². The molecule has 0 fully saturated rings. The molecule has 0 heterocycles. The fourth-order valence-corrected chi connectivity index (χ4v) is 1.36. The van der Waals surface area contributed by atoms with Crippen molar-refractivity contribution >= 4 is 11.6 Å². The van der Waals surface area contributed by atoms with E-state index in [4.69, 9.17) is 21.6 Å². The van der Waals surface area contributed by atoms with E-state index in [1.165, 1.54) is 0 Å². The molecule has 0 aromatic heterocycles. The van der Waals surface area contributed by atoms with Crippen LogP contribution >= 0.6 is 11.6 Å². The summed E-state index contributed by atoms with van der Waals surface area (Å²) in [5.41, 5.74) is 0.852. The molecule has 0 radical (unpaired) electrons. The Morgan fingerprint density at radius 3 is 2.80 bits per heavy atom. The fourth-order valence-electron chi connectivity index (χ4n) is 1.17. The Labute approximate surface area is 95.4 Å². The zero-order valence-electron chi connectivity index (χ0n) is 8.96. The first-order valence-corrected chi connectivity index (χ1v) is 5.29. The predicted molar refractivity (Wildman–Crippen MR) is 61.1 cm³/mol. The van der Waals surface area contributed by atoms with Crippen LogP contribution < -0.4 is 4.74 Å². The number of benzene rings is 1. The number of hydrogen-bond acceptors (Lipinski definition) is 2. The van der Waals surface area contributed by atoms with Gasteiger partial charge in [0.25, 0.3) is 0 Å². The van der Waals surface area contributed by atoms with E-state index in [2.05, 4.69) is 19.9 Å². The second kappa shape index (κ2) is 5.63. The largest absolute Gasteiger partial charge is 0.493 e. The molecule has 0 saturated carbocycles. The first-order chi connectivity index (χ1) is 7.13. The average molecular weight is 224 g/mol. The van der Waals surface area contributed by atoms with Crippen molar-refractivity contribution in [2.24, 2.45) is 5.92 Å². The summed E-state index contributed by atoms with van der Waals surface area (Å²) >= 11 is 5.85. The molecule has 0 aliphatic carbocycles. The standard InChI is InChI=1S/C12H14ClNO/c1-9(2)8-15-12-4-3-11(13)7-10(12)5-6-14/h3-4,7,9H,5,8H2,1-2H3. The molecule has 2 nitrogen and oxygen atoms in total.